The molecule has 0 unspecified atom stereocenters. The average Bonchev–Trinajstić information content (AvgIpc) is 2.17. The van der Waals surface area contributed by atoms with Crippen LogP contribution in [0.2, 0.25) is 0 Å². The van der Waals surface area contributed by atoms with Gasteiger partial charge in [-0.25, -0.2) is 0 Å². The summed E-state index contributed by atoms with van der Waals surface area (Å²) < 4.78 is 10.4. The molecule has 0 bridgehead atoms. The van der Waals surface area contributed by atoms with E-state index < -0.39 is 0 Å². The van der Waals surface area contributed by atoms with E-state index in [0.717, 1.165) is 28.3 Å². The van der Waals surface area contributed by atoms with E-state index in [-0.39, 0.29) is 0 Å². The predicted molar refractivity (Wildman–Crippen MR) is 61.5 cm³/mol. The predicted octanol–water partition coefficient (Wildman–Crippen LogP) is 2.64. The van der Waals surface area contributed by atoms with Crippen molar-refractivity contribution >= 4 is 17.1 Å². The van der Waals surface area contributed by atoms with Crippen molar-refractivity contribution in [3.05, 3.63) is 23.8 Å². The number of thiocarbonyl (C=S) groups is 1. The van der Waals surface area contributed by atoms with Crippen LogP contribution in [-0.4, -0.2) is 19.1 Å². The molecule has 0 saturated heterocycles. The lowest BCUT2D eigenvalue weighted by Crippen LogP contribution is -1.98. The van der Waals surface area contributed by atoms with Crippen LogP contribution in [-0.2, 0) is 6.42 Å². The first-order valence-corrected chi connectivity index (χ1v) is 4.78. The minimum absolute atomic E-state index is 0.766. The molecule has 0 heterocycles. The fourth-order valence-corrected chi connectivity index (χ4v) is 1.42. The van der Waals surface area contributed by atoms with E-state index in [9.17, 15) is 0 Å². The van der Waals surface area contributed by atoms with Crippen LogP contribution in [0.15, 0.2) is 18.2 Å². The molecular formula is C11H14O2S. The highest BCUT2D eigenvalue weighted by Crippen LogP contribution is 2.25. The fraction of sp³-hybridized carbons (Fsp3) is 0.364. The Morgan fingerprint density at radius 3 is 2.50 bits per heavy atom. The van der Waals surface area contributed by atoms with Crippen LogP contribution < -0.4 is 9.47 Å². The van der Waals surface area contributed by atoms with E-state index in [4.69, 9.17) is 21.7 Å². The summed E-state index contributed by atoms with van der Waals surface area (Å²) in [6, 6.07) is 5.76. The number of ether oxygens (including phenoxy) is 2. The van der Waals surface area contributed by atoms with E-state index in [0.29, 0.717) is 0 Å². The largest absolute Gasteiger partial charge is 0.497 e. The molecule has 0 aliphatic carbocycles. The molecule has 14 heavy (non-hydrogen) atoms. The summed E-state index contributed by atoms with van der Waals surface area (Å²) in [5, 5.41) is 0. The number of benzene rings is 1. The van der Waals surface area contributed by atoms with Crippen molar-refractivity contribution < 1.29 is 9.47 Å². The van der Waals surface area contributed by atoms with Crippen molar-refractivity contribution in [2.75, 3.05) is 14.2 Å². The Hall–Kier alpha value is -1.09. The van der Waals surface area contributed by atoms with Crippen LogP contribution in [0.4, 0.5) is 0 Å². The summed E-state index contributed by atoms with van der Waals surface area (Å²) >= 11 is 5.06. The summed E-state index contributed by atoms with van der Waals surface area (Å²) in [4.78, 5) is 0.952. The molecule has 0 aliphatic heterocycles. The van der Waals surface area contributed by atoms with Gasteiger partial charge in [0.2, 0.25) is 0 Å². The molecule has 0 amide bonds. The zero-order chi connectivity index (χ0) is 10.6. The highest BCUT2D eigenvalue weighted by atomic mass is 32.1. The number of hydrogen-bond acceptors (Lipinski definition) is 3. The van der Waals surface area contributed by atoms with Gasteiger partial charge in [-0.05, 0) is 23.4 Å². The molecule has 0 N–H and O–H groups in total. The minimum atomic E-state index is 0.766. The standard InChI is InChI=1S/C11H14O2S/c1-8(14)6-9-4-5-10(12-2)7-11(9)13-3/h4-5,7H,6H2,1-3H3. The third-order valence-corrected chi connectivity index (χ3v) is 2.08. The number of methoxy groups -OCH3 is 2. The normalized spacial score (nSPS) is 9.64. The van der Waals surface area contributed by atoms with Gasteiger partial charge in [0.25, 0.3) is 0 Å². The first-order chi connectivity index (χ1) is 6.67. The van der Waals surface area contributed by atoms with E-state index in [2.05, 4.69) is 0 Å². The quantitative estimate of drug-likeness (QED) is 0.712. The summed E-state index contributed by atoms with van der Waals surface area (Å²) in [5.41, 5.74) is 1.10. The van der Waals surface area contributed by atoms with Crippen molar-refractivity contribution in [3.63, 3.8) is 0 Å². The van der Waals surface area contributed by atoms with Gasteiger partial charge in [0, 0.05) is 12.5 Å². The van der Waals surface area contributed by atoms with E-state index in [1.807, 2.05) is 25.1 Å². The van der Waals surface area contributed by atoms with Crippen LogP contribution in [0.1, 0.15) is 12.5 Å². The van der Waals surface area contributed by atoms with Crippen LogP contribution in [0.25, 0.3) is 0 Å². The van der Waals surface area contributed by atoms with Crippen molar-refractivity contribution in [1.82, 2.24) is 0 Å². The molecule has 76 valence electrons. The number of rotatable bonds is 4. The van der Waals surface area contributed by atoms with E-state index >= 15 is 0 Å². The Labute approximate surface area is 89.8 Å². The van der Waals surface area contributed by atoms with Crippen molar-refractivity contribution in [2.24, 2.45) is 0 Å². The Balaban J connectivity index is 2.98. The van der Waals surface area contributed by atoms with Gasteiger partial charge in [0.15, 0.2) is 0 Å². The summed E-state index contributed by atoms with van der Waals surface area (Å²) in [5.74, 6) is 1.63. The van der Waals surface area contributed by atoms with Gasteiger partial charge in [0.1, 0.15) is 11.5 Å². The van der Waals surface area contributed by atoms with Gasteiger partial charge in [-0.2, -0.15) is 0 Å². The molecule has 2 nitrogen and oxygen atoms in total. The smallest absolute Gasteiger partial charge is 0.126 e. The van der Waals surface area contributed by atoms with Gasteiger partial charge in [0.05, 0.1) is 14.2 Å². The second kappa shape index (κ2) is 4.96. The molecule has 3 heteroatoms. The molecule has 0 atom stereocenters. The zero-order valence-electron chi connectivity index (χ0n) is 8.66. The fourth-order valence-electron chi connectivity index (χ4n) is 1.27. The Morgan fingerprint density at radius 1 is 1.29 bits per heavy atom. The van der Waals surface area contributed by atoms with Gasteiger partial charge >= 0.3 is 0 Å². The maximum absolute atomic E-state index is 5.25. The Bertz CT molecular complexity index is 334. The van der Waals surface area contributed by atoms with Gasteiger partial charge in [-0.1, -0.05) is 18.3 Å². The van der Waals surface area contributed by atoms with Crippen molar-refractivity contribution in [3.8, 4) is 11.5 Å². The monoisotopic (exact) mass is 210 g/mol. The van der Waals surface area contributed by atoms with E-state index in [1.54, 1.807) is 14.2 Å². The molecule has 1 rings (SSSR count). The van der Waals surface area contributed by atoms with E-state index in [1.165, 1.54) is 0 Å². The summed E-state index contributed by atoms with van der Waals surface area (Å²) in [6.45, 7) is 1.93. The number of hydrogen-bond donors (Lipinski definition) is 0. The summed E-state index contributed by atoms with van der Waals surface area (Å²) in [6.07, 6.45) is 0.766. The van der Waals surface area contributed by atoms with Crippen LogP contribution >= 0.6 is 12.2 Å². The van der Waals surface area contributed by atoms with Crippen molar-refractivity contribution in [1.29, 1.82) is 0 Å². The molecule has 1 aromatic rings. The Kier molecular flexibility index (Phi) is 3.89. The molecule has 0 saturated carbocycles. The lowest BCUT2D eigenvalue weighted by atomic mass is 10.1. The van der Waals surface area contributed by atoms with Gasteiger partial charge in [-0.15, -0.1) is 0 Å². The molecule has 0 spiro atoms. The Morgan fingerprint density at radius 2 is 2.00 bits per heavy atom. The summed E-state index contributed by atoms with van der Waals surface area (Å²) in [7, 11) is 3.29. The third kappa shape index (κ3) is 2.70. The maximum atomic E-state index is 5.25. The molecule has 0 fully saturated rings. The lowest BCUT2D eigenvalue weighted by Gasteiger charge is -2.09. The highest BCUT2D eigenvalue weighted by molar-refractivity contribution is 7.80. The minimum Gasteiger partial charge on any atom is -0.497 e. The lowest BCUT2D eigenvalue weighted by molar-refractivity contribution is 0.392. The SMILES string of the molecule is COc1ccc(CC(C)=S)c(OC)c1. The molecule has 0 aromatic heterocycles. The zero-order valence-corrected chi connectivity index (χ0v) is 9.48. The molecule has 0 aliphatic rings. The van der Waals surface area contributed by atoms with Crippen LogP contribution in [0, 0.1) is 0 Å². The first kappa shape index (κ1) is 11.0. The van der Waals surface area contributed by atoms with Crippen molar-refractivity contribution in [2.45, 2.75) is 13.3 Å². The second-order valence-electron chi connectivity index (χ2n) is 3.06. The average molecular weight is 210 g/mol. The topological polar surface area (TPSA) is 18.5 Å². The molecule has 1 aromatic carbocycles. The maximum Gasteiger partial charge on any atom is 0.126 e. The van der Waals surface area contributed by atoms with Gasteiger partial charge < -0.3 is 9.47 Å². The first-order valence-electron chi connectivity index (χ1n) is 4.37. The van der Waals surface area contributed by atoms with Crippen LogP contribution in [0.5, 0.6) is 11.5 Å². The van der Waals surface area contributed by atoms with Crippen LogP contribution in [0.3, 0.4) is 0 Å². The molecular weight excluding hydrogens is 196 g/mol. The molecule has 0 radical (unpaired) electrons. The van der Waals surface area contributed by atoms with Gasteiger partial charge in [-0.3, -0.25) is 0 Å². The highest BCUT2D eigenvalue weighted by Gasteiger charge is 2.05. The third-order valence-electron chi connectivity index (χ3n) is 1.93. The second-order valence-corrected chi connectivity index (χ2v) is 3.75.